The monoisotopic (exact) mass is 113 g/mol. The number of rotatable bonds is 2. The molecule has 0 heterocycles. The predicted molar refractivity (Wildman–Crippen MR) is 35.2 cm³/mol. The van der Waals surface area contributed by atoms with Crippen LogP contribution in [-0.2, 0) is 0 Å². The van der Waals surface area contributed by atoms with Crippen molar-refractivity contribution in [3.05, 3.63) is 0 Å². The van der Waals surface area contributed by atoms with Crippen LogP contribution in [0.4, 0.5) is 0 Å². The highest BCUT2D eigenvalue weighted by Gasteiger charge is 1.94. The van der Waals surface area contributed by atoms with Gasteiger partial charge < -0.3 is 5.73 Å². The molecule has 0 spiro atoms. The zero-order chi connectivity index (χ0) is 6.57. The molecule has 8 heavy (non-hydrogen) atoms. The molecule has 0 aliphatic heterocycles. The molecule has 0 unspecified atom stereocenters. The Kier molecular flexibility index (Phi) is 2.84. The van der Waals surface area contributed by atoms with E-state index in [1.807, 2.05) is 13.8 Å². The predicted octanol–water partition coefficient (Wildman–Crippen LogP) is 0.607. The maximum Gasteiger partial charge on any atom is 0.109 e. The minimum Gasteiger partial charge on any atom is -0.387 e. The molecule has 0 saturated heterocycles. The van der Waals surface area contributed by atoms with E-state index in [0.717, 1.165) is 6.34 Å². The molecule has 0 fully saturated rings. The Morgan fingerprint density at radius 3 is 2.38 bits per heavy atom. The Labute approximate surface area is 49.1 Å². The summed E-state index contributed by atoms with van der Waals surface area (Å²) in [6.07, 6.45) is 0.954. The van der Waals surface area contributed by atoms with Crippen molar-refractivity contribution in [3.63, 3.8) is 0 Å². The van der Waals surface area contributed by atoms with Gasteiger partial charge in [0.05, 0.1) is 0 Å². The minimum atomic E-state index is 0.247. The second kappa shape index (κ2) is 3.18. The SMILES string of the molecule is CC(C)C(N)=NC=N. The van der Waals surface area contributed by atoms with Crippen molar-refractivity contribution in [2.45, 2.75) is 13.8 Å². The molecule has 0 aliphatic carbocycles. The van der Waals surface area contributed by atoms with E-state index in [1.165, 1.54) is 0 Å². The molecular formula is C5H11N3. The van der Waals surface area contributed by atoms with Gasteiger partial charge >= 0.3 is 0 Å². The summed E-state index contributed by atoms with van der Waals surface area (Å²) in [5, 5.41) is 6.53. The van der Waals surface area contributed by atoms with Crippen molar-refractivity contribution >= 4 is 12.2 Å². The fourth-order valence-corrected chi connectivity index (χ4v) is 0.224. The molecule has 0 radical (unpaired) electrons. The van der Waals surface area contributed by atoms with Crippen molar-refractivity contribution in [1.82, 2.24) is 0 Å². The first-order valence-electron chi connectivity index (χ1n) is 2.50. The molecule has 0 rings (SSSR count). The van der Waals surface area contributed by atoms with Gasteiger partial charge in [-0.05, 0) is 0 Å². The van der Waals surface area contributed by atoms with Crippen molar-refractivity contribution in [1.29, 1.82) is 5.41 Å². The highest BCUT2D eigenvalue weighted by Crippen LogP contribution is 1.88. The molecule has 0 aromatic rings. The molecule has 0 amide bonds. The lowest BCUT2D eigenvalue weighted by Gasteiger charge is -1.98. The highest BCUT2D eigenvalue weighted by atomic mass is 14.9. The van der Waals surface area contributed by atoms with Crippen LogP contribution in [-0.4, -0.2) is 12.2 Å². The first-order valence-corrected chi connectivity index (χ1v) is 2.50. The largest absolute Gasteiger partial charge is 0.387 e. The summed E-state index contributed by atoms with van der Waals surface area (Å²) in [6, 6.07) is 0. The van der Waals surface area contributed by atoms with E-state index in [9.17, 15) is 0 Å². The molecule has 46 valence electrons. The molecule has 0 aromatic heterocycles. The Bertz CT molecular complexity index is 104. The summed E-state index contributed by atoms with van der Waals surface area (Å²) in [5.41, 5.74) is 5.33. The van der Waals surface area contributed by atoms with Crippen molar-refractivity contribution in [2.24, 2.45) is 16.6 Å². The van der Waals surface area contributed by atoms with Gasteiger partial charge in [0.2, 0.25) is 0 Å². The maximum absolute atomic E-state index is 6.53. The fourth-order valence-electron chi connectivity index (χ4n) is 0.224. The van der Waals surface area contributed by atoms with E-state index in [4.69, 9.17) is 11.1 Å². The van der Waals surface area contributed by atoms with E-state index < -0.39 is 0 Å². The van der Waals surface area contributed by atoms with Crippen molar-refractivity contribution in [3.8, 4) is 0 Å². The van der Waals surface area contributed by atoms with Gasteiger partial charge in [-0.15, -0.1) is 0 Å². The quantitative estimate of drug-likeness (QED) is 0.400. The van der Waals surface area contributed by atoms with Crippen molar-refractivity contribution < 1.29 is 0 Å². The van der Waals surface area contributed by atoms with Crippen LogP contribution < -0.4 is 5.73 Å². The molecule has 0 atom stereocenters. The van der Waals surface area contributed by atoms with Gasteiger partial charge in [0.15, 0.2) is 0 Å². The third-order valence-electron chi connectivity index (χ3n) is 0.805. The van der Waals surface area contributed by atoms with Crippen LogP contribution >= 0.6 is 0 Å². The van der Waals surface area contributed by atoms with Crippen LogP contribution in [0, 0.1) is 11.3 Å². The number of nitrogens with zero attached hydrogens (tertiary/aromatic N) is 1. The van der Waals surface area contributed by atoms with Crippen LogP contribution in [0.2, 0.25) is 0 Å². The van der Waals surface area contributed by atoms with E-state index in [-0.39, 0.29) is 5.92 Å². The summed E-state index contributed by atoms with van der Waals surface area (Å²) in [5.74, 6) is 0.761. The Morgan fingerprint density at radius 1 is 1.75 bits per heavy atom. The number of hydrogen-bond donors (Lipinski definition) is 2. The average molecular weight is 113 g/mol. The van der Waals surface area contributed by atoms with Gasteiger partial charge in [-0.2, -0.15) is 0 Å². The van der Waals surface area contributed by atoms with Crippen LogP contribution in [0.5, 0.6) is 0 Å². The lowest BCUT2D eigenvalue weighted by molar-refractivity contribution is 0.875. The van der Waals surface area contributed by atoms with E-state index in [1.54, 1.807) is 0 Å². The highest BCUT2D eigenvalue weighted by molar-refractivity contribution is 5.88. The van der Waals surface area contributed by atoms with Crippen LogP contribution in [0.3, 0.4) is 0 Å². The maximum atomic E-state index is 6.53. The Hall–Kier alpha value is -0.860. The number of hydrogen-bond acceptors (Lipinski definition) is 1. The number of nitrogens with two attached hydrogens (primary N) is 1. The van der Waals surface area contributed by atoms with Gasteiger partial charge in [0, 0.05) is 5.92 Å². The lowest BCUT2D eigenvalue weighted by Crippen LogP contribution is -2.18. The molecular weight excluding hydrogens is 102 g/mol. The van der Waals surface area contributed by atoms with Crippen LogP contribution in [0.15, 0.2) is 4.99 Å². The van der Waals surface area contributed by atoms with Gasteiger partial charge in [0.1, 0.15) is 12.2 Å². The molecule has 0 bridgehead atoms. The summed E-state index contributed by atoms with van der Waals surface area (Å²) < 4.78 is 0. The smallest absolute Gasteiger partial charge is 0.109 e. The first-order chi connectivity index (χ1) is 3.68. The molecule has 3 N–H and O–H groups in total. The summed E-state index contributed by atoms with van der Waals surface area (Å²) in [6.45, 7) is 3.87. The van der Waals surface area contributed by atoms with E-state index in [2.05, 4.69) is 4.99 Å². The number of amidine groups is 1. The second-order valence-corrected chi connectivity index (χ2v) is 1.84. The first kappa shape index (κ1) is 7.14. The van der Waals surface area contributed by atoms with Gasteiger partial charge in [0.25, 0.3) is 0 Å². The summed E-state index contributed by atoms with van der Waals surface area (Å²) in [7, 11) is 0. The molecule has 0 saturated carbocycles. The van der Waals surface area contributed by atoms with Gasteiger partial charge in [-0.25, -0.2) is 4.99 Å². The zero-order valence-electron chi connectivity index (χ0n) is 5.18. The van der Waals surface area contributed by atoms with E-state index >= 15 is 0 Å². The Balaban J connectivity index is 3.78. The third kappa shape index (κ3) is 2.34. The topological polar surface area (TPSA) is 62.2 Å². The number of aliphatic imine (C=N–C) groups is 1. The standard InChI is InChI=1S/C5H11N3/c1-4(2)5(7)8-3-6/h3-4H,1-2H3,(H3,6,7,8). The Morgan fingerprint density at radius 2 is 2.25 bits per heavy atom. The normalized spacial score (nSPS) is 12.1. The second-order valence-electron chi connectivity index (χ2n) is 1.84. The minimum absolute atomic E-state index is 0.247. The third-order valence-corrected chi connectivity index (χ3v) is 0.805. The van der Waals surface area contributed by atoms with Gasteiger partial charge in [-0.3, -0.25) is 5.41 Å². The fraction of sp³-hybridized carbons (Fsp3) is 0.600. The molecule has 0 aliphatic rings. The number of nitrogens with one attached hydrogen (secondary N) is 1. The molecule has 0 aromatic carbocycles. The van der Waals surface area contributed by atoms with Crippen molar-refractivity contribution in [2.75, 3.05) is 0 Å². The summed E-state index contributed by atoms with van der Waals surface area (Å²) in [4.78, 5) is 3.56. The summed E-state index contributed by atoms with van der Waals surface area (Å²) >= 11 is 0. The van der Waals surface area contributed by atoms with Gasteiger partial charge in [-0.1, -0.05) is 13.8 Å². The van der Waals surface area contributed by atoms with Crippen LogP contribution in [0.25, 0.3) is 0 Å². The molecule has 3 heteroatoms. The van der Waals surface area contributed by atoms with E-state index in [0.29, 0.717) is 5.84 Å². The average Bonchev–Trinajstić information content (AvgIpc) is 1.67. The van der Waals surface area contributed by atoms with Crippen LogP contribution in [0.1, 0.15) is 13.8 Å². The lowest BCUT2D eigenvalue weighted by atomic mass is 10.2. The zero-order valence-corrected chi connectivity index (χ0v) is 5.18. The molecule has 3 nitrogen and oxygen atoms in total.